The molecule has 10 nitrogen and oxygen atoms in total. The second-order valence-electron chi connectivity index (χ2n) is 9.65. The summed E-state index contributed by atoms with van der Waals surface area (Å²) >= 11 is 1.19. The van der Waals surface area contributed by atoms with Crippen molar-refractivity contribution >= 4 is 29.1 Å². The fourth-order valence-electron chi connectivity index (χ4n) is 4.88. The highest BCUT2D eigenvalue weighted by atomic mass is 32.1. The van der Waals surface area contributed by atoms with Crippen molar-refractivity contribution < 1.29 is 23.6 Å². The Hall–Kier alpha value is -4.77. The molecule has 1 atom stereocenters. The maximum Gasteiger partial charge on any atom is 0.338 e. The zero-order valence-corrected chi connectivity index (χ0v) is 24.4. The molecule has 11 heteroatoms. The highest BCUT2D eigenvalue weighted by Crippen LogP contribution is 2.36. The lowest BCUT2D eigenvalue weighted by Gasteiger charge is -2.26. The molecule has 0 bridgehead atoms. The molecule has 3 heterocycles. The summed E-state index contributed by atoms with van der Waals surface area (Å²) in [6.07, 6.45) is 2.43. The Morgan fingerprint density at radius 3 is 2.67 bits per heavy atom. The first-order chi connectivity index (χ1) is 20.2. The summed E-state index contributed by atoms with van der Waals surface area (Å²) in [4.78, 5) is 42.9. The zero-order chi connectivity index (χ0) is 30.0. The number of para-hydroxylation sites is 1. The maximum atomic E-state index is 14.0. The molecule has 0 saturated heterocycles. The fraction of sp³-hybridized carbons (Fsp3) is 0.258. The van der Waals surface area contributed by atoms with Crippen LogP contribution < -0.4 is 19.6 Å². The number of aromatic nitrogens is 1. The summed E-state index contributed by atoms with van der Waals surface area (Å²) in [5, 5.41) is 11.1. The van der Waals surface area contributed by atoms with Crippen molar-refractivity contribution in [1.82, 2.24) is 4.57 Å². The Labute approximate surface area is 245 Å². The molecule has 2 aromatic carbocycles. The first-order valence-corrected chi connectivity index (χ1v) is 14.3. The van der Waals surface area contributed by atoms with Crippen molar-refractivity contribution in [1.29, 1.82) is 0 Å². The van der Waals surface area contributed by atoms with Gasteiger partial charge in [0.2, 0.25) is 0 Å². The normalized spacial score (nSPS) is 14.9. The second kappa shape index (κ2) is 12.0. The van der Waals surface area contributed by atoms with Gasteiger partial charge in [-0.15, -0.1) is 0 Å². The summed E-state index contributed by atoms with van der Waals surface area (Å²) in [6, 6.07) is 14.6. The van der Waals surface area contributed by atoms with Gasteiger partial charge in [0.25, 0.3) is 11.2 Å². The topological polar surface area (TPSA) is 126 Å². The first kappa shape index (κ1) is 28.7. The van der Waals surface area contributed by atoms with Gasteiger partial charge >= 0.3 is 5.97 Å². The van der Waals surface area contributed by atoms with E-state index in [0.29, 0.717) is 55.6 Å². The van der Waals surface area contributed by atoms with Crippen LogP contribution in [-0.2, 0) is 9.53 Å². The van der Waals surface area contributed by atoms with Crippen LogP contribution in [-0.4, -0.2) is 28.7 Å². The Kier molecular flexibility index (Phi) is 8.21. The Bertz CT molecular complexity index is 1900. The lowest BCUT2D eigenvalue weighted by Crippen LogP contribution is -2.40. The molecular formula is C31H29N3O7S. The van der Waals surface area contributed by atoms with E-state index in [2.05, 4.69) is 4.99 Å². The largest absolute Gasteiger partial charge is 0.493 e. The standard InChI is InChI=1S/C31H29N3O7S/c1-5-15-40-24-10-8-7-9-23(24)28-27(30(36)39-6-2)19(4)32-31-33(28)29(35)26(42-31)17-21-12-14-25(41-21)22-13-11-20(34(37)38)16-18(22)3/h7-14,16-17,28H,5-6,15H2,1-4H3/b26-17+/t28-/m1/s1. The van der Waals surface area contributed by atoms with Crippen molar-refractivity contribution in [3.05, 3.63) is 113 Å². The molecule has 0 spiro atoms. The number of allylic oxidation sites excluding steroid dienone is 1. The van der Waals surface area contributed by atoms with Crippen molar-refractivity contribution in [3.8, 4) is 17.1 Å². The van der Waals surface area contributed by atoms with Crippen LogP contribution in [0.25, 0.3) is 17.4 Å². The summed E-state index contributed by atoms with van der Waals surface area (Å²) in [6.45, 7) is 7.89. The number of hydrogen-bond donors (Lipinski definition) is 0. The lowest BCUT2D eigenvalue weighted by atomic mass is 9.95. The predicted molar refractivity (Wildman–Crippen MR) is 158 cm³/mol. The number of benzene rings is 2. The monoisotopic (exact) mass is 587 g/mol. The van der Waals surface area contributed by atoms with Crippen molar-refractivity contribution in [2.45, 2.75) is 40.2 Å². The molecular weight excluding hydrogens is 558 g/mol. The van der Waals surface area contributed by atoms with Crippen LogP contribution in [0.15, 0.2) is 80.1 Å². The van der Waals surface area contributed by atoms with E-state index >= 15 is 0 Å². The molecule has 0 fully saturated rings. The molecule has 2 aromatic heterocycles. The smallest absolute Gasteiger partial charge is 0.338 e. The molecule has 0 unspecified atom stereocenters. The number of esters is 1. The van der Waals surface area contributed by atoms with Crippen LogP contribution in [0.2, 0.25) is 0 Å². The molecule has 0 radical (unpaired) electrons. The Morgan fingerprint density at radius 1 is 1.17 bits per heavy atom. The Morgan fingerprint density at radius 2 is 1.95 bits per heavy atom. The predicted octanol–water partition coefficient (Wildman–Crippen LogP) is 5.06. The highest BCUT2D eigenvalue weighted by molar-refractivity contribution is 7.07. The van der Waals surface area contributed by atoms with Crippen LogP contribution in [0.4, 0.5) is 5.69 Å². The molecule has 0 amide bonds. The number of hydrogen-bond acceptors (Lipinski definition) is 9. The van der Waals surface area contributed by atoms with E-state index in [4.69, 9.17) is 13.9 Å². The summed E-state index contributed by atoms with van der Waals surface area (Å²) in [7, 11) is 0. The van der Waals surface area contributed by atoms with Gasteiger partial charge in [-0.2, -0.15) is 0 Å². The average molecular weight is 588 g/mol. The SMILES string of the molecule is CCCOc1ccccc1[C@@H]1C(C(=O)OCC)=C(C)N=c2s/c(=C/c3ccc(-c4ccc([N+](=O)[O-])cc4C)o3)c(=O)n21. The van der Waals surface area contributed by atoms with Gasteiger partial charge in [-0.1, -0.05) is 36.5 Å². The minimum atomic E-state index is -0.801. The number of carbonyl (C=O) groups is 1. The summed E-state index contributed by atoms with van der Waals surface area (Å²) in [5.41, 5.74) is 2.45. The van der Waals surface area contributed by atoms with Crippen LogP contribution in [0.1, 0.15) is 50.1 Å². The lowest BCUT2D eigenvalue weighted by molar-refractivity contribution is -0.384. The van der Waals surface area contributed by atoms with Gasteiger partial charge < -0.3 is 13.9 Å². The Balaban J connectivity index is 1.63. The first-order valence-electron chi connectivity index (χ1n) is 13.5. The van der Waals surface area contributed by atoms with E-state index in [1.807, 2.05) is 31.2 Å². The van der Waals surface area contributed by atoms with Gasteiger partial charge in [-0.05, 0) is 57.0 Å². The molecule has 5 rings (SSSR count). The number of carbonyl (C=O) groups excluding carboxylic acids is 1. The quantitative estimate of drug-likeness (QED) is 0.152. The minimum Gasteiger partial charge on any atom is -0.493 e. The van der Waals surface area contributed by atoms with E-state index in [9.17, 15) is 19.7 Å². The van der Waals surface area contributed by atoms with E-state index in [0.717, 1.165) is 6.42 Å². The maximum absolute atomic E-state index is 14.0. The molecule has 216 valence electrons. The van der Waals surface area contributed by atoms with Gasteiger partial charge in [0, 0.05) is 29.3 Å². The van der Waals surface area contributed by atoms with Crippen molar-refractivity contribution in [2.75, 3.05) is 13.2 Å². The number of ether oxygens (including phenoxy) is 2. The number of non-ortho nitro benzene ring substituents is 1. The number of thiazole rings is 1. The number of furan rings is 1. The number of fused-ring (bicyclic) bond motifs is 1. The molecule has 0 aliphatic carbocycles. The van der Waals surface area contributed by atoms with E-state index < -0.39 is 16.9 Å². The van der Waals surface area contributed by atoms with Crippen LogP contribution in [0.5, 0.6) is 5.75 Å². The third kappa shape index (κ3) is 5.42. The summed E-state index contributed by atoms with van der Waals surface area (Å²) < 4.78 is 19.3. The van der Waals surface area contributed by atoms with Crippen molar-refractivity contribution in [3.63, 3.8) is 0 Å². The highest BCUT2D eigenvalue weighted by Gasteiger charge is 2.35. The number of rotatable bonds is 9. The van der Waals surface area contributed by atoms with E-state index in [-0.39, 0.29) is 23.4 Å². The molecule has 42 heavy (non-hydrogen) atoms. The van der Waals surface area contributed by atoms with Crippen molar-refractivity contribution in [2.24, 2.45) is 4.99 Å². The average Bonchev–Trinajstić information content (AvgIpc) is 3.55. The molecule has 0 N–H and O–H groups in total. The van der Waals surface area contributed by atoms with E-state index in [1.54, 1.807) is 45.0 Å². The third-order valence-electron chi connectivity index (χ3n) is 6.78. The van der Waals surface area contributed by atoms with Gasteiger partial charge in [0.15, 0.2) is 4.80 Å². The fourth-order valence-corrected chi connectivity index (χ4v) is 5.90. The molecule has 1 aliphatic heterocycles. The molecule has 1 aliphatic rings. The third-order valence-corrected chi connectivity index (χ3v) is 7.76. The second-order valence-corrected chi connectivity index (χ2v) is 10.7. The number of nitro groups is 1. The summed E-state index contributed by atoms with van der Waals surface area (Å²) in [5.74, 6) is 0.973. The number of nitrogens with zero attached hydrogens (tertiary/aromatic N) is 3. The minimum absolute atomic E-state index is 0.00200. The number of nitro benzene ring substituents is 1. The van der Waals surface area contributed by atoms with Crippen LogP contribution in [0.3, 0.4) is 0 Å². The number of aryl methyl sites for hydroxylation is 1. The van der Waals surface area contributed by atoms with Gasteiger partial charge in [-0.25, -0.2) is 9.79 Å². The molecule has 4 aromatic rings. The van der Waals surface area contributed by atoms with Gasteiger partial charge in [0.1, 0.15) is 23.3 Å². The zero-order valence-electron chi connectivity index (χ0n) is 23.6. The molecule has 0 saturated carbocycles. The van der Waals surface area contributed by atoms with Gasteiger partial charge in [-0.3, -0.25) is 19.5 Å². The van der Waals surface area contributed by atoms with E-state index in [1.165, 1.54) is 28.0 Å². The van der Waals surface area contributed by atoms with Crippen LogP contribution >= 0.6 is 11.3 Å². The van der Waals surface area contributed by atoms with Crippen LogP contribution in [0, 0.1) is 17.0 Å². The van der Waals surface area contributed by atoms with Gasteiger partial charge in [0.05, 0.1) is 33.9 Å².